The predicted molar refractivity (Wildman–Crippen MR) is 93.1 cm³/mol. The lowest BCUT2D eigenvalue weighted by molar-refractivity contribution is -0.140. The Kier molecular flexibility index (Phi) is 7.82. The van der Waals surface area contributed by atoms with Crippen LogP contribution in [0.5, 0.6) is 0 Å². The van der Waals surface area contributed by atoms with Crippen LogP contribution < -0.4 is 10.6 Å². The van der Waals surface area contributed by atoms with Crippen molar-refractivity contribution in [2.24, 2.45) is 4.99 Å². The molecule has 0 saturated heterocycles. The van der Waals surface area contributed by atoms with Gasteiger partial charge in [-0.1, -0.05) is 0 Å². The van der Waals surface area contributed by atoms with Crippen LogP contribution in [0.15, 0.2) is 33.2 Å². The maximum Gasteiger partial charge on any atom is 0.434 e. The summed E-state index contributed by atoms with van der Waals surface area (Å²) in [4.78, 5) is 7.54. The molecule has 0 spiro atoms. The van der Waals surface area contributed by atoms with Gasteiger partial charge in [0.2, 0.25) is 0 Å². The van der Waals surface area contributed by atoms with Crippen molar-refractivity contribution < 1.29 is 17.6 Å². The highest BCUT2D eigenvalue weighted by molar-refractivity contribution is 14.0. The van der Waals surface area contributed by atoms with Crippen LogP contribution >= 0.6 is 35.3 Å². The number of alkyl halides is 3. The molecule has 2 N–H and O–H groups in total. The van der Waals surface area contributed by atoms with Crippen molar-refractivity contribution in [3.8, 4) is 0 Å². The van der Waals surface area contributed by atoms with Gasteiger partial charge in [0.25, 0.3) is 0 Å². The van der Waals surface area contributed by atoms with Gasteiger partial charge in [-0.05, 0) is 12.1 Å². The van der Waals surface area contributed by atoms with E-state index in [-0.39, 0.29) is 30.5 Å². The van der Waals surface area contributed by atoms with Gasteiger partial charge in [-0.25, -0.2) is 4.98 Å². The molecule has 2 aromatic heterocycles. The van der Waals surface area contributed by atoms with Crippen molar-refractivity contribution in [2.75, 3.05) is 13.6 Å². The van der Waals surface area contributed by atoms with E-state index in [1.165, 1.54) is 0 Å². The lowest BCUT2D eigenvalue weighted by Crippen LogP contribution is -2.37. The first kappa shape index (κ1) is 19.7. The Morgan fingerprint density at radius 3 is 2.74 bits per heavy atom. The van der Waals surface area contributed by atoms with Crippen molar-refractivity contribution in [3.05, 3.63) is 40.2 Å². The molecule has 0 unspecified atom stereocenters. The Hall–Kier alpha value is -1.30. The van der Waals surface area contributed by atoms with Gasteiger partial charge in [0, 0.05) is 25.4 Å². The van der Waals surface area contributed by atoms with Crippen LogP contribution in [0.1, 0.15) is 16.5 Å². The molecule has 0 aliphatic heterocycles. The molecule has 0 atom stereocenters. The molecule has 2 heterocycles. The lowest BCUT2D eigenvalue weighted by atomic mass is 10.3. The summed E-state index contributed by atoms with van der Waals surface area (Å²) in [6.07, 6.45) is -2.12. The topological polar surface area (TPSA) is 62.5 Å². The largest absolute Gasteiger partial charge is 0.469 e. The van der Waals surface area contributed by atoms with E-state index < -0.39 is 11.9 Å². The Labute approximate surface area is 152 Å². The van der Waals surface area contributed by atoms with E-state index in [0.717, 1.165) is 22.5 Å². The number of rotatable bonds is 5. The Morgan fingerprint density at radius 1 is 1.39 bits per heavy atom. The first-order valence-corrected chi connectivity index (χ1v) is 7.35. The van der Waals surface area contributed by atoms with Gasteiger partial charge in [-0.3, -0.25) is 4.99 Å². The number of aromatic nitrogens is 1. The first-order valence-electron chi connectivity index (χ1n) is 6.47. The van der Waals surface area contributed by atoms with Gasteiger partial charge in [0.1, 0.15) is 10.8 Å². The molecule has 0 aliphatic rings. The molecule has 0 bridgehead atoms. The van der Waals surface area contributed by atoms with E-state index in [9.17, 15) is 13.2 Å². The van der Waals surface area contributed by atoms with Crippen LogP contribution in [-0.2, 0) is 19.1 Å². The molecule has 0 aromatic carbocycles. The normalized spacial score (nSPS) is 11.9. The van der Waals surface area contributed by atoms with E-state index in [4.69, 9.17) is 4.42 Å². The van der Waals surface area contributed by atoms with Crippen molar-refractivity contribution in [1.82, 2.24) is 15.6 Å². The fraction of sp³-hybridized carbons (Fsp3) is 0.385. The minimum absolute atomic E-state index is 0. The smallest absolute Gasteiger partial charge is 0.434 e. The third-order valence-corrected chi connectivity index (χ3v) is 3.57. The summed E-state index contributed by atoms with van der Waals surface area (Å²) in [7, 11) is 1.59. The third kappa shape index (κ3) is 6.37. The van der Waals surface area contributed by atoms with Crippen LogP contribution in [0.25, 0.3) is 0 Å². The maximum atomic E-state index is 12.4. The van der Waals surface area contributed by atoms with Crippen LogP contribution in [0.4, 0.5) is 13.2 Å². The zero-order valence-corrected chi connectivity index (χ0v) is 15.3. The van der Waals surface area contributed by atoms with Gasteiger partial charge in [0.05, 0.1) is 12.8 Å². The average molecular weight is 460 g/mol. The molecule has 2 rings (SSSR count). The van der Waals surface area contributed by atoms with Gasteiger partial charge in [-0.2, -0.15) is 13.2 Å². The summed E-state index contributed by atoms with van der Waals surface area (Å²) in [6, 6.07) is 3.68. The summed E-state index contributed by atoms with van der Waals surface area (Å²) in [5.74, 6) is 1.34. The van der Waals surface area contributed by atoms with Gasteiger partial charge in [-0.15, -0.1) is 35.3 Å². The maximum absolute atomic E-state index is 12.4. The molecule has 23 heavy (non-hydrogen) atoms. The molecule has 0 saturated carbocycles. The molecule has 0 fully saturated rings. The van der Waals surface area contributed by atoms with Crippen molar-refractivity contribution >= 4 is 41.3 Å². The number of hydrogen-bond acceptors (Lipinski definition) is 4. The van der Waals surface area contributed by atoms with Crippen molar-refractivity contribution in [1.29, 1.82) is 0 Å². The monoisotopic (exact) mass is 460 g/mol. The quantitative estimate of drug-likeness (QED) is 0.409. The van der Waals surface area contributed by atoms with Crippen LogP contribution in [0.2, 0.25) is 0 Å². The molecule has 0 amide bonds. The van der Waals surface area contributed by atoms with E-state index in [1.54, 1.807) is 13.3 Å². The molecular formula is C13H16F3IN4OS. The second kappa shape index (κ2) is 9.11. The Bertz CT molecular complexity index is 613. The number of nitrogens with zero attached hydrogens (tertiary/aromatic N) is 2. The van der Waals surface area contributed by atoms with Gasteiger partial charge < -0.3 is 15.1 Å². The van der Waals surface area contributed by atoms with Crippen molar-refractivity contribution in [3.63, 3.8) is 0 Å². The average Bonchev–Trinajstić information content (AvgIpc) is 3.13. The van der Waals surface area contributed by atoms with Gasteiger partial charge in [0.15, 0.2) is 11.7 Å². The number of aliphatic imine (C=N–C) groups is 1. The third-order valence-electron chi connectivity index (χ3n) is 2.72. The SMILES string of the molecule is CN=C(NCCc1ccco1)NCc1nc(C(F)(F)F)cs1.I. The lowest BCUT2D eigenvalue weighted by Gasteiger charge is -2.10. The molecule has 10 heteroatoms. The molecule has 0 radical (unpaired) electrons. The molecule has 0 aliphatic carbocycles. The molecule has 128 valence electrons. The molecule has 2 aromatic rings. The fourth-order valence-electron chi connectivity index (χ4n) is 1.66. The van der Waals surface area contributed by atoms with Crippen molar-refractivity contribution in [2.45, 2.75) is 19.1 Å². The minimum atomic E-state index is -4.41. The highest BCUT2D eigenvalue weighted by Gasteiger charge is 2.33. The summed E-state index contributed by atoms with van der Waals surface area (Å²) < 4.78 is 42.5. The second-order valence-electron chi connectivity index (χ2n) is 4.31. The zero-order chi connectivity index (χ0) is 16.0. The summed E-state index contributed by atoms with van der Waals surface area (Å²) in [5, 5.41) is 7.32. The number of halogens is 4. The predicted octanol–water partition coefficient (Wildman–Crippen LogP) is 3.28. The number of guanidine groups is 1. The Morgan fingerprint density at radius 2 is 2.17 bits per heavy atom. The summed E-state index contributed by atoms with van der Waals surface area (Å²) in [6.45, 7) is 0.778. The highest BCUT2D eigenvalue weighted by Crippen LogP contribution is 2.29. The number of thiazole rings is 1. The molecular weight excluding hydrogens is 444 g/mol. The van der Waals surface area contributed by atoms with Gasteiger partial charge >= 0.3 is 6.18 Å². The van der Waals surface area contributed by atoms with E-state index in [2.05, 4.69) is 20.6 Å². The van der Waals surface area contributed by atoms with E-state index >= 15 is 0 Å². The molecule has 5 nitrogen and oxygen atoms in total. The number of nitrogens with one attached hydrogen (secondary N) is 2. The second-order valence-corrected chi connectivity index (χ2v) is 5.25. The van der Waals surface area contributed by atoms with Crippen LogP contribution in [-0.4, -0.2) is 24.5 Å². The Balaban J connectivity index is 0.00000264. The van der Waals surface area contributed by atoms with Crippen LogP contribution in [0, 0.1) is 0 Å². The number of furan rings is 1. The zero-order valence-electron chi connectivity index (χ0n) is 12.2. The van der Waals surface area contributed by atoms with Crippen LogP contribution in [0.3, 0.4) is 0 Å². The summed E-state index contributed by atoms with van der Waals surface area (Å²) >= 11 is 0.959. The fourth-order valence-corrected chi connectivity index (χ4v) is 2.40. The van der Waals surface area contributed by atoms with E-state index in [1.807, 2.05) is 12.1 Å². The minimum Gasteiger partial charge on any atom is -0.469 e. The number of hydrogen-bond donors (Lipinski definition) is 2. The van der Waals surface area contributed by atoms with E-state index in [0.29, 0.717) is 23.9 Å². The highest BCUT2D eigenvalue weighted by atomic mass is 127. The first-order chi connectivity index (χ1) is 10.5. The summed E-state index contributed by atoms with van der Waals surface area (Å²) in [5.41, 5.74) is -0.866. The standard InChI is InChI=1S/C13H15F3N4OS.HI/c1-17-12(18-5-4-9-3-2-6-21-9)19-7-11-20-10(8-22-11)13(14,15)16;/h2-3,6,8H,4-5,7H2,1H3,(H2,17,18,19);1H.